The molecule has 39 heavy (non-hydrogen) atoms. The summed E-state index contributed by atoms with van der Waals surface area (Å²) in [4.78, 5) is 28.9. The Kier molecular flexibility index (Phi) is 10.7. The molecule has 0 radical (unpaired) electrons. The van der Waals surface area contributed by atoms with E-state index in [2.05, 4.69) is 5.32 Å². The average Bonchev–Trinajstić information content (AvgIpc) is 2.92. The quantitative estimate of drug-likeness (QED) is 0.296. The molecule has 0 aliphatic heterocycles. The number of carbonyl (C=O) groups excluding carboxylic acids is 2. The summed E-state index contributed by atoms with van der Waals surface area (Å²) in [5.41, 5.74) is 3.05. The smallest absolute Gasteiger partial charge is 0.264 e. The van der Waals surface area contributed by atoms with Gasteiger partial charge in [0.15, 0.2) is 0 Å². The molecular weight excluding hydrogens is 510 g/mol. The second kappa shape index (κ2) is 13.9. The molecule has 0 heterocycles. The van der Waals surface area contributed by atoms with Crippen LogP contribution in [0.15, 0.2) is 83.8 Å². The largest absolute Gasteiger partial charge is 0.354 e. The Morgan fingerprint density at radius 3 is 2.23 bits per heavy atom. The van der Waals surface area contributed by atoms with E-state index >= 15 is 0 Å². The highest BCUT2D eigenvalue weighted by Crippen LogP contribution is 2.27. The van der Waals surface area contributed by atoms with Crippen molar-refractivity contribution in [2.45, 2.75) is 64.4 Å². The van der Waals surface area contributed by atoms with E-state index in [-0.39, 0.29) is 17.3 Å². The van der Waals surface area contributed by atoms with Crippen LogP contribution in [0.3, 0.4) is 0 Å². The van der Waals surface area contributed by atoms with Crippen molar-refractivity contribution in [2.75, 3.05) is 17.4 Å². The van der Waals surface area contributed by atoms with Crippen LogP contribution in [0.25, 0.3) is 0 Å². The summed E-state index contributed by atoms with van der Waals surface area (Å²) < 4.78 is 28.9. The van der Waals surface area contributed by atoms with Gasteiger partial charge in [-0.3, -0.25) is 13.9 Å². The molecule has 1 N–H and O–H groups in total. The first-order valence-corrected chi connectivity index (χ1v) is 14.9. The fraction of sp³-hybridized carbons (Fsp3) is 0.355. The van der Waals surface area contributed by atoms with Crippen LogP contribution in [0.4, 0.5) is 5.69 Å². The molecule has 0 aliphatic rings. The van der Waals surface area contributed by atoms with E-state index in [9.17, 15) is 18.0 Å². The van der Waals surface area contributed by atoms with Crippen molar-refractivity contribution in [3.8, 4) is 0 Å². The number of sulfonamides is 1. The van der Waals surface area contributed by atoms with E-state index in [0.717, 1.165) is 33.8 Å². The summed E-state index contributed by atoms with van der Waals surface area (Å²) in [6.45, 7) is 7.96. The minimum Gasteiger partial charge on any atom is -0.354 e. The maximum absolute atomic E-state index is 14.1. The zero-order valence-corrected chi connectivity index (χ0v) is 24.1. The molecular formula is C31H39N3O4S. The van der Waals surface area contributed by atoms with E-state index in [1.807, 2.05) is 64.1 Å². The minimum atomic E-state index is -4.07. The SMILES string of the molecule is CCCCNC(=O)[C@@H](CC)N(Cc1cccc(C)c1)C(=O)CN(c1ccccc1C)S(=O)(=O)c1ccccc1. The Morgan fingerprint density at radius 1 is 0.897 bits per heavy atom. The topological polar surface area (TPSA) is 86.8 Å². The maximum atomic E-state index is 14.1. The number of nitrogens with zero attached hydrogens (tertiary/aromatic N) is 2. The van der Waals surface area contributed by atoms with Crippen molar-refractivity contribution in [1.29, 1.82) is 0 Å². The molecule has 0 spiro atoms. The standard InChI is InChI=1S/C31H39N3O4S/c1-5-7-20-32-31(36)28(6-2)33(22-26-16-13-14-24(3)21-26)30(35)23-34(29-19-12-11-15-25(29)4)39(37,38)27-17-9-8-10-18-27/h8-19,21,28H,5-7,20,22-23H2,1-4H3,(H,32,36)/t28-/m1/s1. The van der Waals surface area contributed by atoms with Crippen LogP contribution in [0.2, 0.25) is 0 Å². The summed E-state index contributed by atoms with van der Waals surface area (Å²) in [5, 5.41) is 2.95. The zero-order chi connectivity index (χ0) is 28.4. The van der Waals surface area contributed by atoms with Crippen LogP contribution in [0, 0.1) is 13.8 Å². The molecule has 0 fully saturated rings. The number of benzene rings is 3. The number of aryl methyl sites for hydroxylation is 2. The highest BCUT2D eigenvalue weighted by Gasteiger charge is 2.34. The lowest BCUT2D eigenvalue weighted by molar-refractivity contribution is -0.140. The lowest BCUT2D eigenvalue weighted by Gasteiger charge is -2.33. The molecule has 3 aromatic rings. The molecule has 3 rings (SSSR count). The number of rotatable bonds is 13. The predicted octanol–water partition coefficient (Wildman–Crippen LogP) is 5.22. The first-order valence-electron chi connectivity index (χ1n) is 13.4. The number of para-hydroxylation sites is 1. The van der Waals surface area contributed by atoms with E-state index in [0.29, 0.717) is 18.7 Å². The molecule has 0 saturated heterocycles. The van der Waals surface area contributed by atoms with Crippen molar-refractivity contribution in [1.82, 2.24) is 10.2 Å². The first-order chi connectivity index (χ1) is 18.7. The molecule has 3 aromatic carbocycles. The summed E-state index contributed by atoms with van der Waals surface area (Å²) in [6.07, 6.45) is 2.17. The van der Waals surface area contributed by atoms with Gasteiger partial charge in [-0.2, -0.15) is 0 Å². The number of anilines is 1. The van der Waals surface area contributed by atoms with Gasteiger partial charge in [-0.05, 0) is 56.0 Å². The molecule has 7 nitrogen and oxygen atoms in total. The van der Waals surface area contributed by atoms with Gasteiger partial charge in [0, 0.05) is 13.1 Å². The van der Waals surface area contributed by atoms with Gasteiger partial charge in [0.05, 0.1) is 10.6 Å². The van der Waals surface area contributed by atoms with Gasteiger partial charge in [0.2, 0.25) is 11.8 Å². The van der Waals surface area contributed by atoms with Crippen molar-refractivity contribution in [2.24, 2.45) is 0 Å². The lowest BCUT2D eigenvalue weighted by Crippen LogP contribution is -2.52. The van der Waals surface area contributed by atoms with Crippen LogP contribution >= 0.6 is 0 Å². The van der Waals surface area contributed by atoms with Crippen LogP contribution in [0.5, 0.6) is 0 Å². The second-order valence-corrected chi connectivity index (χ2v) is 11.6. The van der Waals surface area contributed by atoms with Crippen LogP contribution in [0.1, 0.15) is 49.8 Å². The van der Waals surface area contributed by atoms with Gasteiger partial charge in [0.1, 0.15) is 12.6 Å². The van der Waals surface area contributed by atoms with Crippen LogP contribution in [-0.2, 0) is 26.2 Å². The van der Waals surface area contributed by atoms with E-state index in [4.69, 9.17) is 0 Å². The number of hydrogen-bond acceptors (Lipinski definition) is 4. The monoisotopic (exact) mass is 549 g/mol. The molecule has 0 saturated carbocycles. The van der Waals surface area contributed by atoms with Crippen LogP contribution in [-0.4, -0.2) is 44.3 Å². The van der Waals surface area contributed by atoms with Gasteiger partial charge in [-0.25, -0.2) is 8.42 Å². The normalized spacial score (nSPS) is 12.0. The minimum absolute atomic E-state index is 0.0932. The Morgan fingerprint density at radius 2 is 1.59 bits per heavy atom. The Balaban J connectivity index is 2.03. The molecule has 8 heteroatoms. The summed E-state index contributed by atoms with van der Waals surface area (Å²) in [6, 6.07) is 22.2. The van der Waals surface area contributed by atoms with Gasteiger partial charge in [-0.1, -0.05) is 86.5 Å². The van der Waals surface area contributed by atoms with Crippen molar-refractivity contribution in [3.05, 3.63) is 95.6 Å². The fourth-order valence-electron chi connectivity index (χ4n) is 4.51. The van der Waals surface area contributed by atoms with Crippen LogP contribution < -0.4 is 9.62 Å². The Bertz CT molecular complexity index is 1360. The Hall–Kier alpha value is -3.65. The van der Waals surface area contributed by atoms with Gasteiger partial charge in [0.25, 0.3) is 10.0 Å². The number of nitrogens with one attached hydrogen (secondary N) is 1. The highest BCUT2D eigenvalue weighted by molar-refractivity contribution is 7.92. The van der Waals surface area contributed by atoms with Crippen molar-refractivity contribution < 1.29 is 18.0 Å². The summed E-state index contributed by atoms with van der Waals surface area (Å²) in [7, 11) is -4.07. The molecule has 208 valence electrons. The molecule has 1 atom stereocenters. The summed E-state index contributed by atoms with van der Waals surface area (Å²) >= 11 is 0. The van der Waals surface area contributed by atoms with Crippen molar-refractivity contribution >= 4 is 27.5 Å². The van der Waals surface area contributed by atoms with Gasteiger partial charge < -0.3 is 10.2 Å². The predicted molar refractivity (Wildman–Crippen MR) is 156 cm³/mol. The lowest BCUT2D eigenvalue weighted by atomic mass is 10.1. The van der Waals surface area contributed by atoms with Gasteiger partial charge >= 0.3 is 0 Å². The van der Waals surface area contributed by atoms with Gasteiger partial charge in [-0.15, -0.1) is 0 Å². The third kappa shape index (κ3) is 7.69. The first kappa shape index (κ1) is 29.9. The second-order valence-electron chi connectivity index (χ2n) is 9.69. The number of amides is 2. The van der Waals surface area contributed by atoms with E-state index in [1.165, 1.54) is 17.0 Å². The zero-order valence-electron chi connectivity index (χ0n) is 23.3. The van der Waals surface area contributed by atoms with E-state index in [1.54, 1.807) is 30.3 Å². The third-order valence-corrected chi connectivity index (χ3v) is 8.42. The van der Waals surface area contributed by atoms with E-state index < -0.39 is 28.5 Å². The molecule has 0 unspecified atom stereocenters. The Labute approximate surface area is 232 Å². The fourth-order valence-corrected chi connectivity index (χ4v) is 6.01. The molecule has 0 aromatic heterocycles. The average molecular weight is 550 g/mol. The molecule has 2 amide bonds. The number of unbranched alkanes of at least 4 members (excludes halogenated alkanes) is 1. The third-order valence-electron chi connectivity index (χ3n) is 6.65. The summed E-state index contributed by atoms with van der Waals surface area (Å²) in [5.74, 6) is -0.683. The maximum Gasteiger partial charge on any atom is 0.264 e. The molecule has 0 aliphatic carbocycles. The number of carbonyl (C=O) groups is 2. The molecule has 0 bridgehead atoms. The highest BCUT2D eigenvalue weighted by atomic mass is 32.2. The van der Waals surface area contributed by atoms with Crippen molar-refractivity contribution in [3.63, 3.8) is 0 Å². The number of hydrogen-bond donors (Lipinski definition) is 1.